The molecule has 0 atom stereocenters. The largest absolute Gasteiger partial charge is 0.465 e. The number of hydrogen-bond acceptors (Lipinski definition) is 7. The van der Waals surface area contributed by atoms with Gasteiger partial charge in [0.25, 0.3) is 11.8 Å². The van der Waals surface area contributed by atoms with Crippen LogP contribution in [0.25, 0.3) is 0 Å². The summed E-state index contributed by atoms with van der Waals surface area (Å²) in [5, 5.41) is 7.08. The minimum absolute atomic E-state index is 0.185. The fourth-order valence-corrected chi connectivity index (χ4v) is 3.67. The van der Waals surface area contributed by atoms with Gasteiger partial charge in [-0.05, 0) is 56.2 Å². The monoisotopic (exact) mass is 446 g/mol. The van der Waals surface area contributed by atoms with Crippen molar-refractivity contribution in [3.05, 3.63) is 82.6 Å². The number of ether oxygens (including phenoxy) is 1. The van der Waals surface area contributed by atoms with Gasteiger partial charge in [0, 0.05) is 35.6 Å². The standard InChI is InChI=1S/C24H22N4O5/c1-14-20-18(27-28-22(29)16-5-4-12-25-13-16)6-3-7-19(20)33-21(14)23(30)26-17-10-8-15(9-11-17)24(31)32-2/h4-5,8-13H,3,6-7H2,1-2H3,(H,26,30)(H,28,29)/b27-18+. The second kappa shape index (κ2) is 9.47. The zero-order chi connectivity index (χ0) is 23.4. The first-order valence-electron chi connectivity index (χ1n) is 10.4. The molecule has 9 heteroatoms. The molecule has 0 bridgehead atoms. The van der Waals surface area contributed by atoms with Crippen LogP contribution in [-0.4, -0.2) is 35.6 Å². The first-order valence-corrected chi connectivity index (χ1v) is 10.4. The number of nitrogens with zero attached hydrogens (tertiary/aromatic N) is 2. The van der Waals surface area contributed by atoms with Crippen LogP contribution in [0.1, 0.15) is 61.0 Å². The third-order valence-corrected chi connectivity index (χ3v) is 5.31. The third-order valence-electron chi connectivity index (χ3n) is 5.31. The summed E-state index contributed by atoms with van der Waals surface area (Å²) >= 11 is 0. The Morgan fingerprint density at radius 2 is 1.85 bits per heavy atom. The van der Waals surface area contributed by atoms with Gasteiger partial charge in [-0.2, -0.15) is 5.10 Å². The highest BCUT2D eigenvalue weighted by atomic mass is 16.5. The zero-order valence-corrected chi connectivity index (χ0v) is 18.2. The third kappa shape index (κ3) is 4.67. The molecule has 1 aliphatic rings. The number of nitrogens with one attached hydrogen (secondary N) is 2. The maximum Gasteiger partial charge on any atom is 0.337 e. The van der Waals surface area contributed by atoms with Gasteiger partial charge in [0.15, 0.2) is 5.76 Å². The SMILES string of the molecule is COC(=O)c1ccc(NC(=O)c2oc3c(c2C)/C(=N/NC(=O)c2cccnc2)CCC3)cc1. The van der Waals surface area contributed by atoms with Crippen LogP contribution in [0.3, 0.4) is 0 Å². The van der Waals surface area contributed by atoms with Crippen LogP contribution in [0, 0.1) is 6.92 Å². The molecule has 0 unspecified atom stereocenters. The van der Waals surface area contributed by atoms with E-state index in [0.29, 0.717) is 46.7 Å². The molecule has 168 valence electrons. The fraction of sp³-hybridized carbons (Fsp3) is 0.208. The maximum absolute atomic E-state index is 12.9. The molecule has 0 saturated heterocycles. The van der Waals surface area contributed by atoms with E-state index in [1.54, 1.807) is 49.5 Å². The van der Waals surface area contributed by atoms with Crippen molar-refractivity contribution < 1.29 is 23.5 Å². The van der Waals surface area contributed by atoms with Gasteiger partial charge in [-0.15, -0.1) is 0 Å². The number of hydrazone groups is 1. The lowest BCUT2D eigenvalue weighted by atomic mass is 9.93. The summed E-state index contributed by atoms with van der Waals surface area (Å²) in [7, 11) is 1.31. The van der Waals surface area contributed by atoms with Crippen LogP contribution in [0.15, 0.2) is 58.3 Å². The lowest BCUT2D eigenvalue weighted by molar-refractivity contribution is 0.0600. The van der Waals surface area contributed by atoms with Gasteiger partial charge in [-0.25, -0.2) is 10.2 Å². The number of amides is 2. The number of rotatable bonds is 5. The molecule has 2 N–H and O–H groups in total. The Labute approximate surface area is 189 Å². The zero-order valence-electron chi connectivity index (χ0n) is 18.2. The van der Waals surface area contributed by atoms with Gasteiger partial charge >= 0.3 is 5.97 Å². The summed E-state index contributed by atoms with van der Waals surface area (Å²) in [6.07, 6.45) is 5.16. The fourth-order valence-electron chi connectivity index (χ4n) is 3.67. The molecule has 0 saturated carbocycles. The summed E-state index contributed by atoms with van der Waals surface area (Å²) in [6.45, 7) is 1.79. The summed E-state index contributed by atoms with van der Waals surface area (Å²) in [5.74, 6) is -0.377. The lowest BCUT2D eigenvalue weighted by Crippen LogP contribution is -2.22. The highest BCUT2D eigenvalue weighted by molar-refractivity contribution is 6.09. The Kier molecular flexibility index (Phi) is 6.30. The second-order valence-electron chi connectivity index (χ2n) is 7.47. The number of aromatic nitrogens is 1. The minimum Gasteiger partial charge on any atom is -0.465 e. The summed E-state index contributed by atoms with van der Waals surface area (Å²) in [4.78, 5) is 40.7. The molecule has 4 rings (SSSR count). The van der Waals surface area contributed by atoms with Crippen molar-refractivity contribution in [3.8, 4) is 0 Å². The van der Waals surface area contributed by atoms with Crippen LogP contribution in [0.4, 0.5) is 5.69 Å². The van der Waals surface area contributed by atoms with E-state index in [1.165, 1.54) is 13.3 Å². The Hall–Kier alpha value is -4.27. The number of methoxy groups -OCH3 is 1. The van der Waals surface area contributed by atoms with E-state index in [2.05, 4.69) is 25.6 Å². The lowest BCUT2D eigenvalue weighted by Gasteiger charge is -2.13. The number of aryl methyl sites for hydroxylation is 1. The Morgan fingerprint density at radius 1 is 1.06 bits per heavy atom. The van der Waals surface area contributed by atoms with Crippen LogP contribution in [0.2, 0.25) is 0 Å². The van der Waals surface area contributed by atoms with Crippen molar-refractivity contribution in [2.75, 3.05) is 12.4 Å². The molecular formula is C24H22N4O5. The quantitative estimate of drug-likeness (QED) is 0.457. The van der Waals surface area contributed by atoms with Crippen molar-refractivity contribution in [1.82, 2.24) is 10.4 Å². The number of benzene rings is 1. The van der Waals surface area contributed by atoms with Crippen molar-refractivity contribution in [3.63, 3.8) is 0 Å². The summed E-state index contributed by atoms with van der Waals surface area (Å²) in [6, 6.07) is 9.69. The number of anilines is 1. The van der Waals surface area contributed by atoms with Crippen LogP contribution in [-0.2, 0) is 11.2 Å². The van der Waals surface area contributed by atoms with Gasteiger partial charge in [-0.3, -0.25) is 14.6 Å². The Balaban J connectivity index is 1.53. The highest BCUT2D eigenvalue weighted by Crippen LogP contribution is 2.30. The first-order chi connectivity index (χ1) is 16.0. The molecular weight excluding hydrogens is 424 g/mol. The smallest absolute Gasteiger partial charge is 0.337 e. The average molecular weight is 446 g/mol. The molecule has 1 aliphatic carbocycles. The van der Waals surface area contributed by atoms with Gasteiger partial charge < -0.3 is 14.5 Å². The number of fused-ring (bicyclic) bond motifs is 1. The molecule has 1 aromatic carbocycles. The predicted octanol–water partition coefficient (Wildman–Crippen LogP) is 3.49. The van der Waals surface area contributed by atoms with Crippen molar-refractivity contribution in [2.45, 2.75) is 26.2 Å². The molecule has 0 spiro atoms. The highest BCUT2D eigenvalue weighted by Gasteiger charge is 2.28. The molecule has 33 heavy (non-hydrogen) atoms. The maximum atomic E-state index is 12.9. The van der Waals surface area contributed by atoms with E-state index in [0.717, 1.165) is 12.0 Å². The Morgan fingerprint density at radius 3 is 2.55 bits per heavy atom. The number of carbonyl (C=O) groups excluding carboxylic acids is 3. The number of pyridine rings is 1. The molecule has 2 heterocycles. The van der Waals surface area contributed by atoms with Crippen molar-refractivity contribution in [1.29, 1.82) is 0 Å². The molecule has 9 nitrogen and oxygen atoms in total. The normalized spacial score (nSPS) is 13.8. The van der Waals surface area contributed by atoms with Crippen LogP contribution >= 0.6 is 0 Å². The summed E-state index contributed by atoms with van der Waals surface area (Å²) < 4.78 is 10.6. The number of furan rings is 1. The van der Waals surface area contributed by atoms with Crippen LogP contribution in [0.5, 0.6) is 0 Å². The molecule has 3 aromatic rings. The molecule has 0 fully saturated rings. The average Bonchev–Trinajstić information content (AvgIpc) is 3.20. The molecule has 0 aliphatic heterocycles. The molecule has 0 radical (unpaired) electrons. The van der Waals surface area contributed by atoms with Crippen molar-refractivity contribution in [2.24, 2.45) is 5.10 Å². The van der Waals surface area contributed by atoms with Gasteiger partial charge in [-0.1, -0.05) is 0 Å². The number of hydrogen-bond donors (Lipinski definition) is 2. The predicted molar refractivity (Wildman–Crippen MR) is 120 cm³/mol. The number of carbonyl (C=O) groups is 3. The number of esters is 1. The molecule has 2 amide bonds. The van der Waals surface area contributed by atoms with Gasteiger partial charge in [0.1, 0.15) is 5.76 Å². The van der Waals surface area contributed by atoms with E-state index in [-0.39, 0.29) is 11.7 Å². The van der Waals surface area contributed by atoms with E-state index in [4.69, 9.17) is 4.42 Å². The second-order valence-corrected chi connectivity index (χ2v) is 7.47. The van der Waals surface area contributed by atoms with Gasteiger partial charge in [0.05, 0.1) is 23.9 Å². The topological polar surface area (TPSA) is 123 Å². The van der Waals surface area contributed by atoms with Gasteiger partial charge in [0.2, 0.25) is 0 Å². The van der Waals surface area contributed by atoms with E-state index in [9.17, 15) is 14.4 Å². The van der Waals surface area contributed by atoms with Crippen molar-refractivity contribution >= 4 is 29.2 Å². The van der Waals surface area contributed by atoms with Crippen LogP contribution < -0.4 is 10.7 Å². The molecule has 2 aromatic heterocycles. The first kappa shape index (κ1) is 21.9. The summed E-state index contributed by atoms with van der Waals surface area (Å²) in [5.41, 5.74) is 5.93. The Bertz CT molecular complexity index is 1230. The van der Waals surface area contributed by atoms with E-state index < -0.39 is 11.9 Å². The van der Waals surface area contributed by atoms with E-state index >= 15 is 0 Å². The van der Waals surface area contributed by atoms with E-state index in [1.807, 2.05) is 0 Å². The minimum atomic E-state index is -0.454.